The van der Waals surface area contributed by atoms with Gasteiger partial charge < -0.3 is 20.0 Å². The summed E-state index contributed by atoms with van der Waals surface area (Å²) < 4.78 is 15.9. The largest absolute Gasteiger partial charge is 0.368 e. The molecule has 2 aromatic heterocycles. The van der Waals surface area contributed by atoms with Crippen LogP contribution in [0.3, 0.4) is 0 Å². The van der Waals surface area contributed by atoms with Crippen molar-refractivity contribution in [1.82, 2.24) is 19.9 Å². The molecule has 0 saturated carbocycles. The zero-order chi connectivity index (χ0) is 26.8. The molecule has 0 amide bonds. The highest BCUT2D eigenvalue weighted by Gasteiger charge is 2.25. The molecule has 8 nitrogen and oxygen atoms in total. The summed E-state index contributed by atoms with van der Waals surface area (Å²) >= 11 is 0. The summed E-state index contributed by atoms with van der Waals surface area (Å²) in [5.74, 6) is 0.0390. The van der Waals surface area contributed by atoms with Crippen LogP contribution in [-0.4, -0.2) is 60.3 Å². The lowest BCUT2D eigenvalue weighted by Gasteiger charge is -2.38. The summed E-state index contributed by atoms with van der Waals surface area (Å²) in [4.78, 5) is 28.2. The van der Waals surface area contributed by atoms with Gasteiger partial charge in [0.25, 0.3) is 5.56 Å². The number of benzene rings is 2. The number of nitrogens with one attached hydrogen (secondary N) is 1. The molecule has 6 rings (SSSR count). The van der Waals surface area contributed by atoms with Gasteiger partial charge in [0, 0.05) is 88.1 Å². The van der Waals surface area contributed by atoms with Crippen LogP contribution >= 0.6 is 0 Å². The maximum absolute atomic E-state index is 14.4. The van der Waals surface area contributed by atoms with E-state index in [0.717, 1.165) is 38.9 Å². The first kappa shape index (κ1) is 25.1. The van der Waals surface area contributed by atoms with Gasteiger partial charge in [0.2, 0.25) is 5.95 Å². The summed E-state index contributed by atoms with van der Waals surface area (Å²) in [5.41, 5.74) is 4.07. The van der Waals surface area contributed by atoms with E-state index in [2.05, 4.69) is 79.6 Å². The highest BCUT2D eigenvalue weighted by Crippen LogP contribution is 2.26. The van der Waals surface area contributed by atoms with Crippen LogP contribution in [0.5, 0.6) is 0 Å². The van der Waals surface area contributed by atoms with E-state index in [1.165, 1.54) is 33.8 Å². The number of piperazine rings is 2. The van der Waals surface area contributed by atoms with Gasteiger partial charge in [0.15, 0.2) is 5.82 Å². The lowest BCUT2D eigenvalue weighted by Crippen LogP contribution is -2.48. The summed E-state index contributed by atoms with van der Waals surface area (Å²) in [6, 6.07) is 22.4. The van der Waals surface area contributed by atoms with Gasteiger partial charge in [-0.15, -0.1) is 0 Å². The van der Waals surface area contributed by atoms with Crippen molar-refractivity contribution < 1.29 is 4.39 Å². The van der Waals surface area contributed by atoms with Crippen molar-refractivity contribution in [1.29, 1.82) is 0 Å². The van der Waals surface area contributed by atoms with Crippen molar-refractivity contribution in [2.45, 2.75) is 6.04 Å². The Morgan fingerprint density at radius 3 is 2.26 bits per heavy atom. The molecule has 200 valence electrons. The highest BCUT2D eigenvalue weighted by molar-refractivity contribution is 5.60. The summed E-state index contributed by atoms with van der Waals surface area (Å²) in [5, 5.41) is 3.60. The average molecular weight is 526 g/mol. The van der Waals surface area contributed by atoms with Crippen molar-refractivity contribution in [3.05, 3.63) is 101 Å². The van der Waals surface area contributed by atoms with Gasteiger partial charge in [-0.25, -0.2) is 9.37 Å². The SMILES string of the molecule is Cn1c(N2CCN[C@@H](c3ccc(N4CCN(c5ccccc5)CC4)cc3)C2)nc(-c2ccncc2F)cc1=O. The smallest absolute Gasteiger partial charge is 0.255 e. The van der Waals surface area contributed by atoms with Crippen LogP contribution in [0.15, 0.2) is 83.9 Å². The minimum absolute atomic E-state index is 0.0842. The van der Waals surface area contributed by atoms with E-state index < -0.39 is 5.82 Å². The molecular weight excluding hydrogens is 493 g/mol. The van der Waals surface area contributed by atoms with Crippen molar-refractivity contribution >= 4 is 17.3 Å². The van der Waals surface area contributed by atoms with E-state index in [9.17, 15) is 9.18 Å². The van der Waals surface area contributed by atoms with Crippen LogP contribution in [0.2, 0.25) is 0 Å². The molecule has 39 heavy (non-hydrogen) atoms. The quantitative estimate of drug-likeness (QED) is 0.428. The zero-order valence-corrected chi connectivity index (χ0v) is 22.0. The number of pyridine rings is 1. The van der Waals surface area contributed by atoms with Crippen LogP contribution in [-0.2, 0) is 7.05 Å². The van der Waals surface area contributed by atoms with Gasteiger partial charge in [-0.05, 0) is 35.9 Å². The fraction of sp³-hybridized carbons (Fsp3) is 0.300. The van der Waals surface area contributed by atoms with E-state index in [1.807, 2.05) is 0 Å². The minimum atomic E-state index is -0.496. The molecule has 0 radical (unpaired) electrons. The first-order valence-corrected chi connectivity index (χ1v) is 13.4. The molecule has 1 atom stereocenters. The normalized spacial score (nSPS) is 17.9. The van der Waals surface area contributed by atoms with Gasteiger partial charge in [-0.3, -0.25) is 14.3 Å². The molecule has 4 heterocycles. The Kier molecular flexibility index (Phi) is 6.98. The van der Waals surface area contributed by atoms with Crippen molar-refractivity contribution in [3.63, 3.8) is 0 Å². The number of para-hydroxylation sites is 1. The van der Waals surface area contributed by atoms with E-state index in [1.54, 1.807) is 13.1 Å². The predicted octanol–water partition coefficient (Wildman–Crippen LogP) is 3.46. The summed E-state index contributed by atoms with van der Waals surface area (Å²) in [6.07, 6.45) is 2.65. The molecule has 2 saturated heterocycles. The highest BCUT2D eigenvalue weighted by atomic mass is 19.1. The number of hydrogen-bond donors (Lipinski definition) is 1. The Hall–Kier alpha value is -4.24. The molecular formula is C30H32FN7O. The number of hydrogen-bond acceptors (Lipinski definition) is 7. The number of anilines is 3. The predicted molar refractivity (Wildman–Crippen MR) is 153 cm³/mol. The Morgan fingerprint density at radius 1 is 0.872 bits per heavy atom. The molecule has 2 aliphatic heterocycles. The van der Waals surface area contributed by atoms with Crippen LogP contribution in [0.1, 0.15) is 11.6 Å². The molecule has 0 aliphatic carbocycles. The Bertz CT molecular complexity index is 1480. The minimum Gasteiger partial charge on any atom is -0.368 e. The molecule has 0 bridgehead atoms. The summed E-state index contributed by atoms with van der Waals surface area (Å²) in [7, 11) is 1.71. The second-order valence-corrected chi connectivity index (χ2v) is 10.0. The fourth-order valence-corrected chi connectivity index (χ4v) is 5.47. The van der Waals surface area contributed by atoms with Gasteiger partial charge >= 0.3 is 0 Å². The standard InChI is InChI=1S/C30H32FN7O/c1-35-29(39)19-27(25-11-12-32-20-26(25)31)34-30(35)38-14-13-33-28(21-38)22-7-9-24(10-8-22)37-17-15-36(16-18-37)23-5-3-2-4-6-23/h2-12,19-20,28,33H,13-18,21H2,1H3/t28-/m1/s1. The van der Waals surface area contributed by atoms with Crippen LogP contribution in [0.4, 0.5) is 21.7 Å². The Labute approximate surface area is 227 Å². The topological polar surface area (TPSA) is 69.5 Å². The van der Waals surface area contributed by atoms with E-state index in [4.69, 9.17) is 4.98 Å². The third-order valence-electron chi connectivity index (χ3n) is 7.68. The summed E-state index contributed by atoms with van der Waals surface area (Å²) in [6.45, 7) is 6.06. The van der Waals surface area contributed by atoms with Gasteiger partial charge in [-0.1, -0.05) is 30.3 Å². The fourth-order valence-electron chi connectivity index (χ4n) is 5.47. The Morgan fingerprint density at radius 2 is 1.56 bits per heavy atom. The molecule has 2 aromatic carbocycles. The van der Waals surface area contributed by atoms with Crippen molar-refractivity contribution in [3.8, 4) is 11.3 Å². The molecule has 9 heteroatoms. The third-order valence-corrected chi connectivity index (χ3v) is 7.68. The van der Waals surface area contributed by atoms with E-state index in [-0.39, 0.29) is 17.2 Å². The molecule has 0 unspecified atom stereocenters. The average Bonchev–Trinajstić information content (AvgIpc) is 2.99. The molecule has 4 aromatic rings. The van der Waals surface area contributed by atoms with Crippen molar-refractivity contribution in [2.75, 3.05) is 60.5 Å². The van der Waals surface area contributed by atoms with Crippen LogP contribution < -0.4 is 25.6 Å². The van der Waals surface area contributed by atoms with Crippen molar-refractivity contribution in [2.24, 2.45) is 7.05 Å². The lowest BCUT2D eigenvalue weighted by atomic mass is 10.0. The number of rotatable bonds is 5. The molecule has 2 fully saturated rings. The maximum Gasteiger partial charge on any atom is 0.255 e. The molecule has 0 spiro atoms. The zero-order valence-electron chi connectivity index (χ0n) is 22.0. The van der Waals surface area contributed by atoms with E-state index in [0.29, 0.717) is 24.7 Å². The first-order valence-electron chi connectivity index (χ1n) is 13.4. The monoisotopic (exact) mass is 525 g/mol. The lowest BCUT2D eigenvalue weighted by molar-refractivity contribution is 0.462. The number of halogens is 1. The van der Waals surface area contributed by atoms with Gasteiger partial charge in [0.05, 0.1) is 11.9 Å². The first-order chi connectivity index (χ1) is 19.1. The molecule has 1 N–H and O–H groups in total. The molecule has 2 aliphatic rings. The van der Waals surface area contributed by atoms with Gasteiger partial charge in [0.1, 0.15) is 0 Å². The van der Waals surface area contributed by atoms with Crippen LogP contribution in [0.25, 0.3) is 11.3 Å². The van der Waals surface area contributed by atoms with Crippen LogP contribution in [0, 0.1) is 5.82 Å². The third kappa shape index (κ3) is 5.22. The van der Waals surface area contributed by atoms with E-state index >= 15 is 0 Å². The second-order valence-electron chi connectivity index (χ2n) is 10.0. The number of nitrogens with zero attached hydrogens (tertiary/aromatic N) is 6. The van der Waals surface area contributed by atoms with Gasteiger partial charge in [-0.2, -0.15) is 0 Å². The maximum atomic E-state index is 14.4. The number of aromatic nitrogens is 3. The second kappa shape index (κ2) is 10.9. The Balaban J connectivity index is 1.15.